The fourth-order valence-corrected chi connectivity index (χ4v) is 1.00. The van der Waals surface area contributed by atoms with Crippen LogP contribution in [0.2, 0.25) is 0 Å². The zero-order chi connectivity index (χ0) is 10.6. The van der Waals surface area contributed by atoms with Crippen LogP contribution in [0.5, 0.6) is 0 Å². The van der Waals surface area contributed by atoms with Gasteiger partial charge in [-0.05, 0) is 20.4 Å². The number of nitrogens with one attached hydrogen (secondary N) is 1. The summed E-state index contributed by atoms with van der Waals surface area (Å²) in [6, 6.07) is 0.266. The van der Waals surface area contributed by atoms with Gasteiger partial charge in [0.25, 0.3) is 0 Å². The number of hydrogen-bond donors (Lipinski definition) is 3. The van der Waals surface area contributed by atoms with Crippen LogP contribution in [-0.2, 0) is 6.42 Å². The molecular weight excluding hydrogens is 180 g/mol. The van der Waals surface area contributed by atoms with Crippen molar-refractivity contribution in [3.63, 3.8) is 0 Å². The molecule has 0 aliphatic carbocycles. The Hall–Kier alpha value is -1.43. The maximum atomic E-state index is 5.52. The van der Waals surface area contributed by atoms with Gasteiger partial charge < -0.3 is 16.8 Å². The lowest BCUT2D eigenvalue weighted by atomic mass is 10.4. The lowest BCUT2D eigenvalue weighted by Gasteiger charge is -2.09. The fourth-order valence-electron chi connectivity index (χ4n) is 1.00. The van der Waals surface area contributed by atoms with Crippen molar-refractivity contribution in [2.24, 2.45) is 5.73 Å². The summed E-state index contributed by atoms with van der Waals surface area (Å²) >= 11 is 0. The molecule has 0 saturated carbocycles. The molecule has 0 aromatic carbocycles. The molecule has 0 radical (unpaired) electrons. The minimum atomic E-state index is 0.228. The molecule has 14 heavy (non-hydrogen) atoms. The molecule has 0 atom stereocenters. The van der Waals surface area contributed by atoms with E-state index in [0.717, 1.165) is 0 Å². The number of aromatic nitrogens is 3. The Morgan fingerprint density at radius 3 is 2.57 bits per heavy atom. The number of rotatable bonds is 4. The highest BCUT2D eigenvalue weighted by Crippen LogP contribution is 2.04. The van der Waals surface area contributed by atoms with Crippen LogP contribution in [0.4, 0.5) is 11.9 Å². The van der Waals surface area contributed by atoms with Crippen molar-refractivity contribution in [2.45, 2.75) is 26.3 Å². The van der Waals surface area contributed by atoms with Crippen LogP contribution in [-0.4, -0.2) is 27.5 Å². The minimum Gasteiger partial charge on any atom is -0.368 e. The Labute approximate surface area is 83.1 Å². The quantitative estimate of drug-likeness (QED) is 0.615. The highest BCUT2D eigenvalue weighted by molar-refractivity contribution is 5.31. The SMILES string of the molecule is CC(C)Nc1nc(N)nc(CCN)n1. The van der Waals surface area contributed by atoms with Gasteiger partial charge in [-0.3, -0.25) is 0 Å². The normalized spacial score (nSPS) is 10.6. The minimum absolute atomic E-state index is 0.228. The molecule has 1 heterocycles. The largest absolute Gasteiger partial charge is 0.368 e. The first-order valence-corrected chi connectivity index (χ1v) is 4.59. The standard InChI is InChI=1S/C8H16N6/c1-5(2)11-8-13-6(3-4-9)12-7(10)14-8/h5H,3-4,9H2,1-2H3,(H3,10,11,12,13,14). The van der Waals surface area contributed by atoms with E-state index in [9.17, 15) is 0 Å². The van der Waals surface area contributed by atoms with E-state index >= 15 is 0 Å². The third-order valence-electron chi connectivity index (χ3n) is 1.48. The topological polar surface area (TPSA) is 103 Å². The van der Waals surface area contributed by atoms with E-state index in [1.165, 1.54) is 0 Å². The van der Waals surface area contributed by atoms with Gasteiger partial charge in [-0.1, -0.05) is 0 Å². The van der Waals surface area contributed by atoms with Crippen molar-refractivity contribution in [1.82, 2.24) is 15.0 Å². The number of nitrogen functional groups attached to an aromatic ring is 1. The summed E-state index contributed by atoms with van der Waals surface area (Å²) in [7, 11) is 0. The summed E-state index contributed by atoms with van der Waals surface area (Å²) < 4.78 is 0. The van der Waals surface area contributed by atoms with E-state index in [2.05, 4.69) is 20.3 Å². The molecule has 78 valence electrons. The van der Waals surface area contributed by atoms with Gasteiger partial charge in [-0.2, -0.15) is 15.0 Å². The Morgan fingerprint density at radius 2 is 2.00 bits per heavy atom. The first-order chi connectivity index (χ1) is 6.61. The summed E-state index contributed by atoms with van der Waals surface area (Å²) in [6.45, 7) is 4.51. The Balaban J connectivity index is 2.83. The van der Waals surface area contributed by atoms with Crippen molar-refractivity contribution in [1.29, 1.82) is 0 Å². The molecule has 1 aromatic heterocycles. The van der Waals surface area contributed by atoms with Crippen molar-refractivity contribution in [3.05, 3.63) is 5.82 Å². The second-order valence-electron chi connectivity index (χ2n) is 3.27. The molecule has 0 aliphatic heterocycles. The average Bonchev–Trinajstić information content (AvgIpc) is 2.01. The van der Waals surface area contributed by atoms with Gasteiger partial charge in [-0.25, -0.2) is 0 Å². The Bertz CT molecular complexity index is 298. The molecule has 0 spiro atoms. The van der Waals surface area contributed by atoms with Gasteiger partial charge in [0.1, 0.15) is 5.82 Å². The van der Waals surface area contributed by atoms with Gasteiger partial charge in [0.2, 0.25) is 11.9 Å². The summed E-state index contributed by atoms with van der Waals surface area (Å²) in [5, 5.41) is 3.06. The van der Waals surface area contributed by atoms with Crippen LogP contribution in [0.25, 0.3) is 0 Å². The van der Waals surface area contributed by atoms with Crippen molar-refractivity contribution < 1.29 is 0 Å². The lowest BCUT2D eigenvalue weighted by Crippen LogP contribution is -2.16. The average molecular weight is 196 g/mol. The molecule has 0 unspecified atom stereocenters. The van der Waals surface area contributed by atoms with Gasteiger partial charge >= 0.3 is 0 Å². The predicted octanol–water partition coefficient (Wildman–Crippen LogP) is -0.225. The molecule has 0 amide bonds. The maximum Gasteiger partial charge on any atom is 0.227 e. The molecule has 6 nitrogen and oxygen atoms in total. The lowest BCUT2D eigenvalue weighted by molar-refractivity contribution is 0.823. The van der Waals surface area contributed by atoms with E-state index in [1.807, 2.05) is 13.8 Å². The van der Waals surface area contributed by atoms with E-state index in [1.54, 1.807) is 0 Å². The second kappa shape index (κ2) is 4.71. The van der Waals surface area contributed by atoms with E-state index in [-0.39, 0.29) is 12.0 Å². The van der Waals surface area contributed by atoms with Gasteiger partial charge in [0, 0.05) is 12.5 Å². The molecule has 0 aliphatic rings. The number of nitrogens with zero attached hydrogens (tertiary/aromatic N) is 3. The molecule has 6 heteroatoms. The van der Waals surface area contributed by atoms with Crippen LogP contribution in [0, 0.1) is 0 Å². The van der Waals surface area contributed by atoms with Crippen LogP contribution >= 0.6 is 0 Å². The first kappa shape index (κ1) is 10.6. The third kappa shape index (κ3) is 3.14. The zero-order valence-corrected chi connectivity index (χ0v) is 8.49. The van der Waals surface area contributed by atoms with Gasteiger partial charge in [0.05, 0.1) is 0 Å². The highest BCUT2D eigenvalue weighted by atomic mass is 15.2. The molecular formula is C8H16N6. The molecule has 5 N–H and O–H groups in total. The molecule has 1 aromatic rings. The van der Waals surface area contributed by atoms with Gasteiger partial charge in [-0.15, -0.1) is 0 Å². The van der Waals surface area contributed by atoms with Crippen LogP contribution in [0.15, 0.2) is 0 Å². The van der Waals surface area contributed by atoms with E-state index in [4.69, 9.17) is 11.5 Å². The Kier molecular flexibility index (Phi) is 3.58. The number of anilines is 2. The third-order valence-corrected chi connectivity index (χ3v) is 1.48. The summed E-state index contributed by atoms with van der Waals surface area (Å²) in [6.07, 6.45) is 0.611. The monoisotopic (exact) mass is 196 g/mol. The summed E-state index contributed by atoms with van der Waals surface area (Å²) in [5.41, 5.74) is 10.9. The highest BCUT2D eigenvalue weighted by Gasteiger charge is 2.04. The fraction of sp³-hybridized carbons (Fsp3) is 0.625. The van der Waals surface area contributed by atoms with E-state index in [0.29, 0.717) is 24.7 Å². The smallest absolute Gasteiger partial charge is 0.227 e. The zero-order valence-electron chi connectivity index (χ0n) is 8.49. The predicted molar refractivity (Wildman–Crippen MR) is 55.8 cm³/mol. The molecule has 0 saturated heterocycles. The van der Waals surface area contributed by atoms with Crippen molar-refractivity contribution >= 4 is 11.9 Å². The second-order valence-corrected chi connectivity index (χ2v) is 3.27. The number of hydrogen-bond acceptors (Lipinski definition) is 6. The van der Waals surface area contributed by atoms with Crippen molar-refractivity contribution in [3.8, 4) is 0 Å². The summed E-state index contributed by atoms with van der Waals surface area (Å²) in [5.74, 6) is 1.37. The molecule has 0 fully saturated rings. The maximum absolute atomic E-state index is 5.52. The molecule has 0 bridgehead atoms. The summed E-state index contributed by atoms with van der Waals surface area (Å²) in [4.78, 5) is 12.1. The van der Waals surface area contributed by atoms with Crippen LogP contribution in [0.1, 0.15) is 19.7 Å². The van der Waals surface area contributed by atoms with Gasteiger partial charge in [0.15, 0.2) is 0 Å². The van der Waals surface area contributed by atoms with Crippen LogP contribution < -0.4 is 16.8 Å². The van der Waals surface area contributed by atoms with E-state index < -0.39 is 0 Å². The number of nitrogens with two attached hydrogens (primary N) is 2. The molecule has 1 rings (SSSR count). The first-order valence-electron chi connectivity index (χ1n) is 4.59. The van der Waals surface area contributed by atoms with Crippen LogP contribution in [0.3, 0.4) is 0 Å². The Morgan fingerprint density at radius 1 is 1.29 bits per heavy atom. The van der Waals surface area contributed by atoms with Crippen molar-refractivity contribution in [2.75, 3.05) is 17.6 Å².